The second kappa shape index (κ2) is 9.43. The van der Waals surface area contributed by atoms with Gasteiger partial charge in [0.15, 0.2) is 17.0 Å². The van der Waals surface area contributed by atoms with Gasteiger partial charge in [0, 0.05) is 38.0 Å². The molecule has 5 rings (SSSR count). The summed E-state index contributed by atoms with van der Waals surface area (Å²) in [5.74, 6) is 2.74. The Labute approximate surface area is 203 Å². The first-order valence-corrected chi connectivity index (χ1v) is 12.2. The molecule has 1 saturated heterocycles. The number of aryl methyl sites for hydroxylation is 1. The third-order valence-electron chi connectivity index (χ3n) is 6.31. The molecule has 1 aromatic carbocycles. The number of nitrogens with zero attached hydrogens (tertiary/aromatic N) is 6. The topological polar surface area (TPSA) is 103 Å². The highest BCUT2D eigenvalue weighted by atomic mass is 16.5. The summed E-state index contributed by atoms with van der Waals surface area (Å²) in [6.07, 6.45) is 0.547. The summed E-state index contributed by atoms with van der Waals surface area (Å²) in [5.41, 5.74) is 1.70. The van der Waals surface area contributed by atoms with Crippen LogP contribution in [-0.4, -0.2) is 73.5 Å². The molecule has 0 aliphatic carbocycles. The van der Waals surface area contributed by atoms with Crippen molar-refractivity contribution in [3.05, 3.63) is 51.8 Å². The van der Waals surface area contributed by atoms with Gasteiger partial charge >= 0.3 is 0 Å². The van der Waals surface area contributed by atoms with E-state index in [0.717, 1.165) is 50.0 Å². The highest BCUT2D eigenvalue weighted by Gasteiger charge is 2.23. The lowest BCUT2D eigenvalue weighted by Crippen LogP contribution is -2.38. The third-order valence-corrected chi connectivity index (χ3v) is 6.31. The van der Waals surface area contributed by atoms with Crippen molar-refractivity contribution in [3.8, 4) is 5.75 Å². The lowest BCUT2D eigenvalue weighted by molar-refractivity contribution is 0.0322. The van der Waals surface area contributed by atoms with Gasteiger partial charge in [-0.15, -0.1) is 5.10 Å². The van der Waals surface area contributed by atoms with Gasteiger partial charge in [0.1, 0.15) is 18.2 Å². The predicted octanol–water partition coefficient (Wildman–Crippen LogP) is 2.39. The molecule has 10 nitrogen and oxygen atoms in total. The van der Waals surface area contributed by atoms with Crippen LogP contribution in [0.5, 0.6) is 5.75 Å². The van der Waals surface area contributed by atoms with Crippen LogP contribution in [0.3, 0.4) is 0 Å². The maximum absolute atomic E-state index is 13.1. The average Bonchev–Trinajstić information content (AvgIpc) is 3.46. The first kappa shape index (κ1) is 23.5. The van der Waals surface area contributed by atoms with Gasteiger partial charge in [-0.3, -0.25) is 14.3 Å². The summed E-state index contributed by atoms with van der Waals surface area (Å²) >= 11 is 0. The standard InChI is InChI=1S/C25H33N7O3/c1-5-31-22(33)20-21(28-23(27-20)25(2,3)4)32-24(31)26-19(29-32)16-17-6-8-18(9-7-17)35-15-12-30-10-13-34-14-11-30/h6-9H,5,10-16H2,1-4H3,(H,27,28). The molecule has 1 aliphatic heterocycles. The normalized spacial score (nSPS) is 15.3. The molecule has 1 N–H and O–H groups in total. The molecule has 3 aromatic heterocycles. The zero-order chi connectivity index (χ0) is 24.6. The molecular formula is C25H33N7O3. The van der Waals surface area contributed by atoms with Crippen LogP contribution in [0.15, 0.2) is 29.1 Å². The second-order valence-corrected chi connectivity index (χ2v) is 9.95. The van der Waals surface area contributed by atoms with Crippen LogP contribution in [-0.2, 0) is 23.1 Å². The molecule has 186 valence electrons. The van der Waals surface area contributed by atoms with E-state index in [9.17, 15) is 4.79 Å². The van der Waals surface area contributed by atoms with Crippen molar-refractivity contribution in [3.63, 3.8) is 0 Å². The SMILES string of the molecule is CCn1c(=O)c2[nH]c(C(C)(C)C)nc2n2nc(Cc3ccc(OCCN4CCOCC4)cc3)nc12. The fourth-order valence-corrected chi connectivity index (χ4v) is 4.27. The van der Waals surface area contributed by atoms with Gasteiger partial charge in [-0.05, 0) is 24.6 Å². The average molecular weight is 480 g/mol. The highest BCUT2D eigenvalue weighted by molar-refractivity contribution is 5.72. The number of hydrogen-bond donors (Lipinski definition) is 1. The summed E-state index contributed by atoms with van der Waals surface area (Å²) < 4.78 is 14.6. The smallest absolute Gasteiger partial charge is 0.281 e. The lowest BCUT2D eigenvalue weighted by atomic mass is 9.96. The number of aromatic amines is 1. The lowest BCUT2D eigenvalue weighted by Gasteiger charge is -2.26. The molecule has 4 aromatic rings. The Morgan fingerprint density at radius 1 is 1.11 bits per heavy atom. The van der Waals surface area contributed by atoms with Gasteiger partial charge in [-0.1, -0.05) is 32.9 Å². The summed E-state index contributed by atoms with van der Waals surface area (Å²) in [6, 6.07) is 8.02. The molecule has 1 aliphatic rings. The number of hydrogen-bond acceptors (Lipinski definition) is 7. The number of aromatic nitrogens is 6. The number of ether oxygens (including phenoxy) is 2. The molecule has 10 heteroatoms. The number of fused-ring (bicyclic) bond motifs is 3. The predicted molar refractivity (Wildman–Crippen MR) is 133 cm³/mol. The first-order valence-electron chi connectivity index (χ1n) is 12.2. The zero-order valence-corrected chi connectivity index (χ0v) is 20.9. The zero-order valence-electron chi connectivity index (χ0n) is 20.9. The van der Waals surface area contributed by atoms with Crippen molar-refractivity contribution in [2.45, 2.75) is 46.1 Å². The van der Waals surface area contributed by atoms with Crippen molar-refractivity contribution in [1.29, 1.82) is 0 Å². The molecule has 0 bridgehead atoms. The van der Waals surface area contributed by atoms with Crippen LogP contribution < -0.4 is 10.3 Å². The molecule has 4 heterocycles. The van der Waals surface area contributed by atoms with Gasteiger partial charge < -0.3 is 14.5 Å². The Morgan fingerprint density at radius 3 is 2.54 bits per heavy atom. The first-order chi connectivity index (χ1) is 16.8. The van der Waals surface area contributed by atoms with E-state index in [1.54, 1.807) is 9.08 Å². The number of benzene rings is 1. The van der Waals surface area contributed by atoms with Gasteiger partial charge in [-0.2, -0.15) is 9.50 Å². The van der Waals surface area contributed by atoms with Crippen LogP contribution in [0.1, 0.15) is 44.9 Å². The molecule has 0 amide bonds. The Kier molecular flexibility index (Phi) is 6.33. The Balaban J connectivity index is 1.35. The molecule has 0 unspecified atom stereocenters. The molecular weight excluding hydrogens is 446 g/mol. The van der Waals surface area contributed by atoms with E-state index in [0.29, 0.717) is 42.3 Å². The van der Waals surface area contributed by atoms with Gasteiger partial charge in [0.25, 0.3) is 5.56 Å². The molecule has 0 spiro atoms. The Bertz CT molecular complexity index is 1370. The van der Waals surface area contributed by atoms with Crippen LogP contribution in [0.4, 0.5) is 0 Å². The highest BCUT2D eigenvalue weighted by Crippen LogP contribution is 2.22. The summed E-state index contributed by atoms with van der Waals surface area (Å²) in [5, 5.41) is 4.72. The van der Waals surface area contributed by atoms with Crippen molar-refractivity contribution in [2.75, 3.05) is 39.5 Å². The monoisotopic (exact) mass is 479 g/mol. The Morgan fingerprint density at radius 2 is 1.86 bits per heavy atom. The summed E-state index contributed by atoms with van der Waals surface area (Å²) in [7, 11) is 0. The fraction of sp³-hybridized carbons (Fsp3) is 0.520. The second-order valence-electron chi connectivity index (χ2n) is 9.95. The van der Waals surface area contributed by atoms with Crippen LogP contribution in [0.25, 0.3) is 16.9 Å². The van der Waals surface area contributed by atoms with E-state index in [1.807, 2.05) is 31.2 Å². The molecule has 0 saturated carbocycles. The van der Waals surface area contributed by atoms with E-state index in [1.165, 1.54) is 0 Å². The van der Waals surface area contributed by atoms with Crippen molar-refractivity contribution in [1.82, 2.24) is 34.0 Å². The number of H-pyrrole nitrogens is 1. The maximum Gasteiger partial charge on any atom is 0.281 e. The van der Waals surface area contributed by atoms with E-state index in [2.05, 4.69) is 30.7 Å². The Hall–Kier alpha value is -3.24. The molecule has 1 fully saturated rings. The van der Waals surface area contributed by atoms with E-state index < -0.39 is 0 Å². The van der Waals surface area contributed by atoms with Crippen molar-refractivity contribution < 1.29 is 9.47 Å². The minimum absolute atomic E-state index is 0.129. The van der Waals surface area contributed by atoms with Gasteiger partial charge in [0.2, 0.25) is 5.78 Å². The fourth-order valence-electron chi connectivity index (χ4n) is 4.27. The van der Waals surface area contributed by atoms with E-state index in [4.69, 9.17) is 24.5 Å². The van der Waals surface area contributed by atoms with Gasteiger partial charge in [-0.25, -0.2) is 4.98 Å². The largest absolute Gasteiger partial charge is 0.492 e. The maximum atomic E-state index is 13.1. The number of nitrogens with one attached hydrogen (secondary N) is 1. The number of rotatable bonds is 7. The third kappa shape index (κ3) is 4.81. The van der Waals surface area contributed by atoms with Gasteiger partial charge in [0.05, 0.1) is 13.2 Å². The van der Waals surface area contributed by atoms with E-state index in [-0.39, 0.29) is 11.0 Å². The van der Waals surface area contributed by atoms with E-state index >= 15 is 0 Å². The number of morpholine rings is 1. The van der Waals surface area contributed by atoms with Crippen molar-refractivity contribution >= 4 is 16.9 Å². The van der Waals surface area contributed by atoms with Crippen LogP contribution >= 0.6 is 0 Å². The van der Waals surface area contributed by atoms with Crippen molar-refractivity contribution in [2.24, 2.45) is 0 Å². The van der Waals surface area contributed by atoms with Crippen LogP contribution in [0.2, 0.25) is 0 Å². The molecule has 0 radical (unpaired) electrons. The molecule has 35 heavy (non-hydrogen) atoms. The summed E-state index contributed by atoms with van der Waals surface area (Å²) in [4.78, 5) is 28.1. The number of imidazole rings is 1. The minimum atomic E-state index is -0.218. The molecule has 0 atom stereocenters. The summed E-state index contributed by atoms with van der Waals surface area (Å²) in [6.45, 7) is 13.7. The quantitative estimate of drug-likeness (QED) is 0.434. The van der Waals surface area contributed by atoms with Crippen LogP contribution in [0, 0.1) is 0 Å². The minimum Gasteiger partial charge on any atom is -0.492 e.